The van der Waals surface area contributed by atoms with E-state index in [9.17, 15) is 14.4 Å². The van der Waals surface area contributed by atoms with E-state index in [2.05, 4.69) is 29.6 Å². The number of hydrogen-bond acceptors (Lipinski definition) is 4. The predicted octanol–water partition coefficient (Wildman–Crippen LogP) is 4.16. The van der Waals surface area contributed by atoms with Crippen LogP contribution < -0.4 is 5.32 Å². The van der Waals surface area contributed by atoms with Crippen LogP contribution in [0.1, 0.15) is 55.6 Å². The molecular weight excluding hydrogens is 432 g/mol. The molecule has 2 saturated carbocycles. The van der Waals surface area contributed by atoms with E-state index in [-0.39, 0.29) is 55.8 Å². The van der Waals surface area contributed by atoms with Crippen molar-refractivity contribution >= 4 is 18.0 Å². The van der Waals surface area contributed by atoms with Crippen LogP contribution in [0.4, 0.5) is 4.79 Å². The molecule has 0 bridgehead atoms. The van der Waals surface area contributed by atoms with Crippen molar-refractivity contribution in [3.63, 3.8) is 0 Å². The molecule has 2 aromatic rings. The highest BCUT2D eigenvalue weighted by molar-refractivity contribution is 5.80. The van der Waals surface area contributed by atoms with E-state index < -0.39 is 12.1 Å². The third-order valence-electron chi connectivity index (χ3n) is 7.11. The third-order valence-corrected chi connectivity index (χ3v) is 7.11. The summed E-state index contributed by atoms with van der Waals surface area (Å²) in [7, 11) is 0. The lowest BCUT2D eigenvalue weighted by atomic mass is 9.98. The Morgan fingerprint density at radius 2 is 1.59 bits per heavy atom. The minimum absolute atomic E-state index is 0.0134. The SMILES string of the molecule is O=C(O)CCN(C(=O)CC(NC(=O)OCC1c2ccccc2-c2ccccc21)C1CC1)C1CC1. The maximum Gasteiger partial charge on any atom is 0.407 e. The van der Waals surface area contributed by atoms with E-state index in [0.717, 1.165) is 36.8 Å². The van der Waals surface area contributed by atoms with Crippen molar-refractivity contribution in [2.24, 2.45) is 5.92 Å². The van der Waals surface area contributed by atoms with E-state index in [1.54, 1.807) is 4.90 Å². The summed E-state index contributed by atoms with van der Waals surface area (Å²) >= 11 is 0. The van der Waals surface area contributed by atoms with Gasteiger partial charge in [0.2, 0.25) is 5.91 Å². The molecule has 0 radical (unpaired) electrons. The van der Waals surface area contributed by atoms with Crippen molar-refractivity contribution < 1.29 is 24.2 Å². The number of fused-ring (bicyclic) bond motifs is 3. The quantitative estimate of drug-likeness (QED) is 0.553. The monoisotopic (exact) mass is 462 g/mol. The number of alkyl carbamates (subject to hydrolysis) is 1. The Hall–Kier alpha value is -3.35. The number of carbonyl (C=O) groups is 3. The molecular formula is C27H30N2O5. The Bertz CT molecular complexity index is 1050. The first-order valence-electron chi connectivity index (χ1n) is 12.1. The summed E-state index contributed by atoms with van der Waals surface area (Å²) < 4.78 is 5.68. The standard InChI is InChI=1S/C27H30N2O5/c30-25(29(18-11-12-18)14-13-26(31)32)15-24(17-9-10-17)28-27(33)34-16-23-21-7-3-1-5-19(21)20-6-2-4-8-22(20)23/h1-8,17-18,23-24H,9-16H2,(H,28,33)(H,31,32). The molecule has 0 aliphatic heterocycles. The van der Waals surface area contributed by atoms with E-state index in [1.807, 2.05) is 24.3 Å². The van der Waals surface area contributed by atoms with Gasteiger partial charge < -0.3 is 20.1 Å². The van der Waals surface area contributed by atoms with Gasteiger partial charge in [0.05, 0.1) is 6.42 Å². The molecule has 2 amide bonds. The second kappa shape index (κ2) is 9.49. The Balaban J connectivity index is 1.20. The number of hydrogen-bond donors (Lipinski definition) is 2. The number of nitrogens with one attached hydrogen (secondary N) is 1. The molecule has 1 atom stereocenters. The molecule has 5 rings (SSSR count). The summed E-state index contributed by atoms with van der Waals surface area (Å²) in [5, 5.41) is 11.9. The second-order valence-corrected chi connectivity index (χ2v) is 9.58. The molecule has 0 saturated heterocycles. The zero-order valence-electron chi connectivity index (χ0n) is 19.1. The third kappa shape index (κ3) is 4.93. The van der Waals surface area contributed by atoms with Gasteiger partial charge in [-0.2, -0.15) is 0 Å². The number of aliphatic carboxylic acids is 1. The maximum atomic E-state index is 12.9. The van der Waals surface area contributed by atoms with Gasteiger partial charge in [0, 0.05) is 31.0 Å². The minimum atomic E-state index is -0.908. The number of nitrogens with zero attached hydrogens (tertiary/aromatic N) is 1. The first-order chi connectivity index (χ1) is 16.5. The zero-order chi connectivity index (χ0) is 23.7. The first-order valence-corrected chi connectivity index (χ1v) is 12.1. The van der Waals surface area contributed by atoms with Crippen molar-refractivity contribution in [3.8, 4) is 11.1 Å². The molecule has 3 aliphatic carbocycles. The lowest BCUT2D eigenvalue weighted by Crippen LogP contribution is -2.43. The Labute approximate surface area is 199 Å². The molecule has 7 heteroatoms. The van der Waals surface area contributed by atoms with Crippen molar-refractivity contribution in [2.75, 3.05) is 13.2 Å². The fraction of sp³-hybridized carbons (Fsp3) is 0.444. The van der Waals surface area contributed by atoms with Crippen molar-refractivity contribution in [1.29, 1.82) is 0 Å². The number of carbonyl (C=O) groups excluding carboxylic acids is 2. The molecule has 2 N–H and O–H groups in total. The van der Waals surface area contributed by atoms with E-state index in [0.29, 0.717) is 0 Å². The normalized spacial score (nSPS) is 17.4. The number of ether oxygens (including phenoxy) is 1. The Morgan fingerprint density at radius 1 is 0.971 bits per heavy atom. The fourth-order valence-corrected chi connectivity index (χ4v) is 5.04. The van der Waals surface area contributed by atoms with Crippen LogP contribution in [0.25, 0.3) is 11.1 Å². The first kappa shape index (κ1) is 22.4. The molecule has 34 heavy (non-hydrogen) atoms. The lowest BCUT2D eigenvalue weighted by Gasteiger charge is -2.25. The lowest BCUT2D eigenvalue weighted by molar-refractivity contribution is -0.138. The molecule has 0 spiro atoms. The molecule has 178 valence electrons. The summed E-state index contributed by atoms with van der Waals surface area (Å²) in [4.78, 5) is 38.3. The van der Waals surface area contributed by atoms with Crippen LogP contribution in [-0.4, -0.2) is 53.2 Å². The van der Waals surface area contributed by atoms with Crippen LogP contribution in [0.15, 0.2) is 48.5 Å². The van der Waals surface area contributed by atoms with E-state index in [1.165, 1.54) is 11.1 Å². The van der Waals surface area contributed by atoms with Crippen LogP contribution in [0.3, 0.4) is 0 Å². The zero-order valence-corrected chi connectivity index (χ0v) is 19.1. The molecule has 0 aromatic heterocycles. The second-order valence-electron chi connectivity index (χ2n) is 9.58. The highest BCUT2D eigenvalue weighted by atomic mass is 16.5. The van der Waals surface area contributed by atoms with Gasteiger partial charge in [-0.25, -0.2) is 4.79 Å². The van der Waals surface area contributed by atoms with Gasteiger partial charge in [-0.1, -0.05) is 48.5 Å². The Morgan fingerprint density at radius 3 is 2.15 bits per heavy atom. The summed E-state index contributed by atoms with van der Waals surface area (Å²) in [5.74, 6) is -0.737. The number of benzene rings is 2. The number of rotatable bonds is 10. The summed E-state index contributed by atoms with van der Waals surface area (Å²) in [6.07, 6.45) is 3.40. The maximum absolute atomic E-state index is 12.9. The van der Waals surface area contributed by atoms with Gasteiger partial charge in [-0.3, -0.25) is 9.59 Å². The van der Waals surface area contributed by atoms with Gasteiger partial charge in [0.15, 0.2) is 0 Å². The van der Waals surface area contributed by atoms with Gasteiger partial charge >= 0.3 is 12.1 Å². The summed E-state index contributed by atoms with van der Waals surface area (Å²) in [6, 6.07) is 16.3. The van der Waals surface area contributed by atoms with Crippen LogP contribution in [0.2, 0.25) is 0 Å². The minimum Gasteiger partial charge on any atom is -0.481 e. The Kier molecular flexibility index (Phi) is 6.26. The highest BCUT2D eigenvalue weighted by Gasteiger charge is 2.38. The average molecular weight is 463 g/mol. The predicted molar refractivity (Wildman–Crippen MR) is 126 cm³/mol. The number of carboxylic acid groups (broad SMARTS) is 1. The van der Waals surface area contributed by atoms with Crippen molar-refractivity contribution in [2.45, 2.75) is 56.5 Å². The van der Waals surface area contributed by atoms with Crippen LogP contribution in [0, 0.1) is 5.92 Å². The van der Waals surface area contributed by atoms with Gasteiger partial charge in [0.1, 0.15) is 6.61 Å². The molecule has 7 nitrogen and oxygen atoms in total. The van der Waals surface area contributed by atoms with Crippen molar-refractivity contribution in [1.82, 2.24) is 10.2 Å². The smallest absolute Gasteiger partial charge is 0.407 e. The summed E-state index contributed by atoms with van der Waals surface area (Å²) in [6.45, 7) is 0.458. The van der Waals surface area contributed by atoms with Gasteiger partial charge in [0.25, 0.3) is 0 Å². The fourth-order valence-electron chi connectivity index (χ4n) is 5.04. The van der Waals surface area contributed by atoms with Crippen LogP contribution in [0.5, 0.6) is 0 Å². The van der Waals surface area contributed by atoms with Crippen LogP contribution >= 0.6 is 0 Å². The van der Waals surface area contributed by atoms with Crippen molar-refractivity contribution in [3.05, 3.63) is 59.7 Å². The average Bonchev–Trinajstić information content (AvgIpc) is 3.74. The topological polar surface area (TPSA) is 95.9 Å². The summed E-state index contributed by atoms with van der Waals surface area (Å²) in [5.41, 5.74) is 4.66. The van der Waals surface area contributed by atoms with E-state index >= 15 is 0 Å². The largest absolute Gasteiger partial charge is 0.481 e. The molecule has 2 aromatic carbocycles. The number of carboxylic acids is 1. The molecule has 1 unspecified atom stereocenters. The van der Waals surface area contributed by atoms with Gasteiger partial charge in [-0.15, -0.1) is 0 Å². The highest BCUT2D eigenvalue weighted by Crippen LogP contribution is 2.44. The molecule has 2 fully saturated rings. The molecule has 0 heterocycles. The molecule has 3 aliphatic rings. The van der Waals surface area contributed by atoms with E-state index in [4.69, 9.17) is 9.84 Å². The van der Waals surface area contributed by atoms with Crippen LogP contribution in [-0.2, 0) is 14.3 Å². The van der Waals surface area contributed by atoms with Gasteiger partial charge in [-0.05, 0) is 53.9 Å². The number of amides is 2.